The number of carbonyl (C=O) groups is 1. The molecule has 8 nitrogen and oxygen atoms in total. The van der Waals surface area contributed by atoms with Gasteiger partial charge in [-0.15, -0.1) is 0 Å². The van der Waals surface area contributed by atoms with Gasteiger partial charge in [0.2, 0.25) is 5.82 Å². The highest BCUT2D eigenvalue weighted by Gasteiger charge is 2.29. The maximum absolute atomic E-state index is 14.1. The molecule has 6 rings (SSSR count). The number of aromatic amines is 1. The quantitative estimate of drug-likeness (QED) is 0.134. The SMILES string of the molecule is CCCCCc1ccc(C(=O)N(Cc2ccc(-c3noc(-c4ccc5nc[nH]c5c4)n3)cc2)C2CCN(CCC(C)C)CC2)cc1. The molecule has 1 amide bonds. The summed E-state index contributed by atoms with van der Waals surface area (Å²) < 4.78 is 5.61. The molecule has 3 aromatic carbocycles. The molecule has 2 aromatic heterocycles. The van der Waals surface area contributed by atoms with Crippen LogP contribution in [0.1, 0.15) is 80.8 Å². The summed E-state index contributed by atoms with van der Waals surface area (Å²) in [4.78, 5) is 30.8. The molecule has 0 radical (unpaired) electrons. The molecule has 5 aromatic rings. The molecule has 0 bridgehead atoms. The highest BCUT2D eigenvalue weighted by atomic mass is 16.5. The minimum atomic E-state index is 0.113. The molecule has 8 heteroatoms. The molecule has 1 saturated heterocycles. The van der Waals surface area contributed by atoms with E-state index < -0.39 is 0 Å². The minimum Gasteiger partial charge on any atom is -0.345 e. The van der Waals surface area contributed by atoms with Crippen LogP contribution >= 0.6 is 0 Å². The Balaban J connectivity index is 1.16. The fraction of sp³-hybridized carbons (Fsp3) is 0.421. The van der Waals surface area contributed by atoms with E-state index in [2.05, 4.69) is 74.9 Å². The van der Waals surface area contributed by atoms with E-state index in [1.54, 1.807) is 6.33 Å². The van der Waals surface area contributed by atoms with Crippen LogP contribution in [0.2, 0.25) is 0 Å². The Kier molecular flexibility index (Phi) is 10.2. The fourth-order valence-electron chi connectivity index (χ4n) is 6.30. The number of imidazole rings is 1. The van der Waals surface area contributed by atoms with E-state index in [-0.39, 0.29) is 11.9 Å². The lowest BCUT2D eigenvalue weighted by Crippen LogP contribution is -2.47. The van der Waals surface area contributed by atoms with Gasteiger partial charge in [-0.1, -0.05) is 75.2 Å². The minimum absolute atomic E-state index is 0.113. The summed E-state index contributed by atoms with van der Waals surface area (Å²) in [7, 11) is 0. The second-order valence-electron chi connectivity index (χ2n) is 13.1. The third-order valence-corrected chi connectivity index (χ3v) is 9.21. The van der Waals surface area contributed by atoms with Gasteiger partial charge in [0, 0.05) is 42.4 Å². The molecule has 46 heavy (non-hydrogen) atoms. The number of likely N-dealkylation sites (tertiary alicyclic amines) is 1. The number of aryl methyl sites for hydroxylation is 1. The highest BCUT2D eigenvalue weighted by molar-refractivity contribution is 5.94. The van der Waals surface area contributed by atoms with Crippen LogP contribution in [0.5, 0.6) is 0 Å². The van der Waals surface area contributed by atoms with Crippen LogP contribution in [-0.2, 0) is 13.0 Å². The van der Waals surface area contributed by atoms with E-state index in [1.165, 1.54) is 31.2 Å². The van der Waals surface area contributed by atoms with E-state index in [1.807, 2.05) is 42.5 Å². The molecular weight excluding hydrogens is 572 g/mol. The lowest BCUT2D eigenvalue weighted by Gasteiger charge is -2.39. The van der Waals surface area contributed by atoms with Crippen molar-refractivity contribution in [3.63, 3.8) is 0 Å². The molecule has 0 saturated carbocycles. The average Bonchev–Trinajstić information content (AvgIpc) is 3.77. The van der Waals surface area contributed by atoms with Crippen LogP contribution < -0.4 is 0 Å². The Morgan fingerprint density at radius 1 is 0.978 bits per heavy atom. The van der Waals surface area contributed by atoms with Gasteiger partial charge in [0.1, 0.15) is 0 Å². The number of rotatable bonds is 13. The summed E-state index contributed by atoms with van der Waals surface area (Å²) in [5, 5.41) is 4.24. The van der Waals surface area contributed by atoms with Gasteiger partial charge in [-0.25, -0.2) is 4.98 Å². The monoisotopic (exact) mass is 618 g/mol. The van der Waals surface area contributed by atoms with Crippen LogP contribution in [0.25, 0.3) is 33.9 Å². The highest BCUT2D eigenvalue weighted by Crippen LogP contribution is 2.27. The van der Waals surface area contributed by atoms with Gasteiger partial charge in [0.15, 0.2) is 0 Å². The largest absolute Gasteiger partial charge is 0.345 e. The van der Waals surface area contributed by atoms with E-state index in [0.717, 1.165) is 72.2 Å². The first-order valence-electron chi connectivity index (χ1n) is 17.0. The van der Waals surface area contributed by atoms with Crippen LogP contribution in [0, 0.1) is 5.92 Å². The first-order valence-corrected chi connectivity index (χ1v) is 17.0. The van der Waals surface area contributed by atoms with Crippen molar-refractivity contribution in [1.29, 1.82) is 0 Å². The number of aromatic nitrogens is 4. The number of benzene rings is 3. The van der Waals surface area contributed by atoms with E-state index in [9.17, 15) is 4.79 Å². The zero-order valence-electron chi connectivity index (χ0n) is 27.4. The van der Waals surface area contributed by atoms with Gasteiger partial charge in [-0.2, -0.15) is 4.98 Å². The van der Waals surface area contributed by atoms with Crippen LogP contribution in [0.4, 0.5) is 0 Å². The molecule has 1 aliphatic rings. The molecule has 3 heterocycles. The number of piperidine rings is 1. The van der Waals surface area contributed by atoms with Gasteiger partial charge in [0.05, 0.1) is 17.4 Å². The molecule has 240 valence electrons. The molecule has 1 fully saturated rings. The van der Waals surface area contributed by atoms with Crippen molar-refractivity contribution in [2.24, 2.45) is 5.92 Å². The molecule has 1 N–H and O–H groups in total. The first kappa shape index (κ1) is 31.7. The van der Waals surface area contributed by atoms with Crippen LogP contribution in [0.15, 0.2) is 77.6 Å². The average molecular weight is 619 g/mol. The van der Waals surface area contributed by atoms with Crippen molar-refractivity contribution in [2.75, 3.05) is 19.6 Å². The molecule has 0 unspecified atom stereocenters. The van der Waals surface area contributed by atoms with Crippen molar-refractivity contribution < 1.29 is 9.32 Å². The number of hydrogen-bond donors (Lipinski definition) is 1. The Labute approximate surface area is 272 Å². The number of fused-ring (bicyclic) bond motifs is 1. The summed E-state index contributed by atoms with van der Waals surface area (Å²) in [5.74, 6) is 1.81. The third-order valence-electron chi connectivity index (χ3n) is 9.21. The van der Waals surface area contributed by atoms with Crippen LogP contribution in [0.3, 0.4) is 0 Å². The number of carbonyl (C=O) groups excluding carboxylic acids is 1. The van der Waals surface area contributed by atoms with Crippen molar-refractivity contribution in [1.82, 2.24) is 29.9 Å². The number of amides is 1. The smallest absolute Gasteiger partial charge is 0.258 e. The normalized spacial score (nSPS) is 14.3. The lowest BCUT2D eigenvalue weighted by atomic mass is 9.99. The first-order chi connectivity index (χ1) is 22.5. The summed E-state index contributed by atoms with van der Waals surface area (Å²) in [6.07, 6.45) is 9.57. The van der Waals surface area contributed by atoms with Crippen molar-refractivity contribution in [3.8, 4) is 22.8 Å². The van der Waals surface area contributed by atoms with Crippen molar-refractivity contribution >= 4 is 16.9 Å². The summed E-state index contributed by atoms with van der Waals surface area (Å²) in [6.45, 7) is 10.6. The predicted molar refractivity (Wildman–Crippen MR) is 183 cm³/mol. The summed E-state index contributed by atoms with van der Waals surface area (Å²) in [6, 6.07) is 22.6. The molecule has 0 aliphatic carbocycles. The Bertz CT molecular complexity index is 1700. The van der Waals surface area contributed by atoms with Gasteiger partial charge in [-0.3, -0.25) is 4.79 Å². The van der Waals surface area contributed by atoms with E-state index in [4.69, 9.17) is 4.52 Å². The molecular formula is C38H46N6O2. The second kappa shape index (κ2) is 14.9. The van der Waals surface area contributed by atoms with E-state index in [0.29, 0.717) is 24.2 Å². The second-order valence-corrected chi connectivity index (χ2v) is 13.1. The third kappa shape index (κ3) is 7.73. The molecule has 0 atom stereocenters. The van der Waals surface area contributed by atoms with Gasteiger partial charge in [0.25, 0.3) is 11.8 Å². The Morgan fingerprint density at radius 3 is 2.46 bits per heavy atom. The van der Waals surface area contributed by atoms with Crippen LogP contribution in [-0.4, -0.2) is 61.5 Å². The lowest BCUT2D eigenvalue weighted by molar-refractivity contribution is 0.0546. The maximum atomic E-state index is 14.1. The number of H-pyrrole nitrogens is 1. The molecule has 1 aliphatic heterocycles. The zero-order valence-corrected chi connectivity index (χ0v) is 27.4. The van der Waals surface area contributed by atoms with Gasteiger partial charge in [-0.05, 0) is 86.0 Å². The predicted octanol–water partition coefficient (Wildman–Crippen LogP) is 8.17. The van der Waals surface area contributed by atoms with Gasteiger partial charge >= 0.3 is 0 Å². The number of nitrogens with zero attached hydrogens (tertiary/aromatic N) is 5. The summed E-state index contributed by atoms with van der Waals surface area (Å²) in [5.41, 5.74) is 6.68. The standard InChI is InChI=1S/C38H46N6O2/c1-4-5-6-7-28-8-14-31(15-9-28)38(45)44(33-19-22-43(23-20-33)21-18-27(2)3)25-29-10-12-30(13-11-29)36-41-37(46-42-36)32-16-17-34-35(24-32)40-26-39-34/h8-17,24,26-27,33H,4-7,18-23,25H2,1-3H3,(H,39,40). The number of nitrogens with one attached hydrogen (secondary N) is 1. The Hall–Kier alpha value is -4.30. The Morgan fingerprint density at radius 2 is 1.72 bits per heavy atom. The maximum Gasteiger partial charge on any atom is 0.258 e. The van der Waals surface area contributed by atoms with Gasteiger partial charge < -0.3 is 19.3 Å². The zero-order chi connectivity index (χ0) is 31.9. The number of unbranched alkanes of at least 4 members (excludes halogenated alkanes) is 2. The number of hydrogen-bond acceptors (Lipinski definition) is 6. The molecule has 0 spiro atoms. The van der Waals surface area contributed by atoms with Crippen molar-refractivity contribution in [2.45, 2.75) is 78.3 Å². The van der Waals surface area contributed by atoms with E-state index >= 15 is 0 Å². The fourth-order valence-corrected chi connectivity index (χ4v) is 6.30. The van der Waals surface area contributed by atoms with Crippen molar-refractivity contribution in [3.05, 3.63) is 89.7 Å². The summed E-state index contributed by atoms with van der Waals surface area (Å²) >= 11 is 0. The topological polar surface area (TPSA) is 91.2 Å².